The van der Waals surface area contributed by atoms with Crippen molar-refractivity contribution < 1.29 is 9.47 Å². The second-order valence-corrected chi connectivity index (χ2v) is 6.40. The van der Waals surface area contributed by atoms with Gasteiger partial charge in [0, 0.05) is 6.61 Å². The van der Waals surface area contributed by atoms with Crippen LogP contribution in [0.4, 0.5) is 0 Å². The minimum atomic E-state index is -0.0659. The Hall–Kier alpha value is -0.540. The van der Waals surface area contributed by atoms with Crippen LogP contribution in [-0.4, -0.2) is 31.4 Å². The van der Waals surface area contributed by atoms with Crippen molar-refractivity contribution >= 4 is 0 Å². The highest BCUT2D eigenvalue weighted by Gasteiger charge is 2.42. The molecule has 1 aliphatic heterocycles. The molecular weight excluding hydrogens is 262 g/mol. The smallest absolute Gasteiger partial charge is 0.112 e. The zero-order valence-corrected chi connectivity index (χ0v) is 14.0. The molecule has 0 bridgehead atoms. The van der Waals surface area contributed by atoms with Crippen molar-refractivity contribution in [1.82, 2.24) is 5.32 Å². The highest BCUT2D eigenvalue weighted by Crippen LogP contribution is 2.37. The molecule has 3 heteroatoms. The Bertz CT molecular complexity index is 319. The van der Waals surface area contributed by atoms with Crippen molar-refractivity contribution in [1.29, 1.82) is 0 Å². The van der Waals surface area contributed by atoms with Crippen LogP contribution in [0.15, 0.2) is 11.8 Å². The van der Waals surface area contributed by atoms with Gasteiger partial charge in [-0.15, -0.1) is 0 Å². The predicted molar refractivity (Wildman–Crippen MR) is 87.4 cm³/mol. The average Bonchev–Trinajstić information content (AvgIpc) is 2.76. The molecule has 1 saturated carbocycles. The number of allylic oxidation sites excluding steroid dienone is 1. The molecule has 0 amide bonds. The van der Waals surface area contributed by atoms with Gasteiger partial charge in [0.1, 0.15) is 5.76 Å². The summed E-state index contributed by atoms with van der Waals surface area (Å²) in [5.74, 6) is 1.14. The van der Waals surface area contributed by atoms with E-state index in [9.17, 15) is 0 Å². The van der Waals surface area contributed by atoms with E-state index in [1.165, 1.54) is 25.7 Å². The molecule has 21 heavy (non-hydrogen) atoms. The summed E-state index contributed by atoms with van der Waals surface area (Å²) in [4.78, 5) is 0. The van der Waals surface area contributed by atoms with Crippen LogP contribution >= 0.6 is 0 Å². The maximum atomic E-state index is 6.38. The topological polar surface area (TPSA) is 30.5 Å². The van der Waals surface area contributed by atoms with Gasteiger partial charge in [0.25, 0.3) is 0 Å². The molecule has 0 aromatic rings. The van der Waals surface area contributed by atoms with Crippen LogP contribution < -0.4 is 5.32 Å². The van der Waals surface area contributed by atoms with Gasteiger partial charge in [-0.2, -0.15) is 0 Å². The van der Waals surface area contributed by atoms with Crippen molar-refractivity contribution in [3.8, 4) is 0 Å². The molecule has 0 saturated heterocycles. The highest BCUT2D eigenvalue weighted by atomic mass is 16.5. The lowest BCUT2D eigenvalue weighted by Crippen LogP contribution is -2.54. The quantitative estimate of drug-likeness (QED) is 0.715. The minimum absolute atomic E-state index is 0.0659. The molecular formula is C18H33NO2. The fraction of sp³-hybridized carbons (Fsp3) is 0.889. The Balaban J connectivity index is 2.21. The van der Waals surface area contributed by atoms with Gasteiger partial charge in [-0.3, -0.25) is 0 Å². The predicted octanol–water partition coefficient (Wildman–Crippen LogP) is 4.18. The number of ether oxygens (including phenoxy) is 2. The largest absolute Gasteiger partial charge is 0.496 e. The van der Waals surface area contributed by atoms with Crippen molar-refractivity contribution in [3.05, 3.63) is 11.8 Å². The molecule has 0 spiro atoms. The molecule has 2 aliphatic rings. The van der Waals surface area contributed by atoms with Gasteiger partial charge < -0.3 is 14.8 Å². The summed E-state index contributed by atoms with van der Waals surface area (Å²) in [6.45, 7) is 7.02. The summed E-state index contributed by atoms with van der Waals surface area (Å²) in [5.41, 5.74) is -0.0659. The van der Waals surface area contributed by atoms with Gasteiger partial charge in [0.15, 0.2) is 0 Å². The third-order valence-electron chi connectivity index (χ3n) is 4.75. The fourth-order valence-electron chi connectivity index (χ4n) is 3.74. The lowest BCUT2D eigenvalue weighted by molar-refractivity contribution is -0.0800. The number of hydrogen-bond donors (Lipinski definition) is 1. The first-order valence-electron chi connectivity index (χ1n) is 9.02. The second-order valence-electron chi connectivity index (χ2n) is 6.40. The number of nitrogens with one attached hydrogen (secondary N) is 1. The molecule has 1 N–H and O–H groups in total. The van der Waals surface area contributed by atoms with E-state index < -0.39 is 0 Å². The number of rotatable bonds is 7. The summed E-state index contributed by atoms with van der Waals surface area (Å²) >= 11 is 0. The summed E-state index contributed by atoms with van der Waals surface area (Å²) in [6, 6.07) is 0.232. The zero-order chi connectivity index (χ0) is 15.0. The Kier molecular flexibility index (Phi) is 7.05. The van der Waals surface area contributed by atoms with Gasteiger partial charge in [-0.05, 0) is 51.6 Å². The van der Waals surface area contributed by atoms with E-state index in [1.54, 1.807) is 0 Å². The average molecular weight is 295 g/mol. The third-order valence-corrected chi connectivity index (χ3v) is 4.75. The molecule has 1 aliphatic carbocycles. The summed E-state index contributed by atoms with van der Waals surface area (Å²) in [6.07, 6.45) is 13.3. The van der Waals surface area contributed by atoms with Crippen LogP contribution in [0.25, 0.3) is 0 Å². The first-order chi connectivity index (χ1) is 10.3. The first-order valence-corrected chi connectivity index (χ1v) is 9.02. The van der Waals surface area contributed by atoms with Crippen molar-refractivity contribution in [3.63, 3.8) is 0 Å². The molecule has 0 radical (unpaired) electrons. The molecule has 2 rings (SSSR count). The Morgan fingerprint density at radius 1 is 1.19 bits per heavy atom. The zero-order valence-electron chi connectivity index (χ0n) is 14.0. The first kappa shape index (κ1) is 16.8. The van der Waals surface area contributed by atoms with E-state index in [-0.39, 0.29) is 11.6 Å². The molecule has 3 nitrogen and oxygen atoms in total. The second kappa shape index (κ2) is 8.79. The van der Waals surface area contributed by atoms with Crippen LogP contribution in [0.2, 0.25) is 0 Å². The standard InChI is InChI=1S/C18H33NO2/c1-3-14-19-17(16-11-7-10-15-20-16)18(21-4-2)12-8-5-6-9-13-18/h11,17,19H,3-10,12-15H2,1-2H3. The van der Waals surface area contributed by atoms with Crippen LogP contribution in [0.1, 0.15) is 71.6 Å². The van der Waals surface area contributed by atoms with Crippen molar-refractivity contribution in [2.75, 3.05) is 19.8 Å². The van der Waals surface area contributed by atoms with E-state index in [0.717, 1.165) is 57.6 Å². The SMILES string of the molecule is CCCNC(C1=CCCCO1)C1(OCC)CCCCCC1. The molecule has 122 valence electrons. The van der Waals surface area contributed by atoms with Gasteiger partial charge in [0.2, 0.25) is 0 Å². The van der Waals surface area contributed by atoms with Gasteiger partial charge in [-0.1, -0.05) is 32.6 Å². The summed E-state index contributed by atoms with van der Waals surface area (Å²) in [5, 5.41) is 3.74. The maximum absolute atomic E-state index is 6.38. The maximum Gasteiger partial charge on any atom is 0.112 e. The van der Waals surface area contributed by atoms with E-state index in [4.69, 9.17) is 9.47 Å². The molecule has 1 heterocycles. The van der Waals surface area contributed by atoms with E-state index >= 15 is 0 Å². The molecule has 1 unspecified atom stereocenters. The normalized spacial score (nSPS) is 23.8. The monoisotopic (exact) mass is 295 g/mol. The lowest BCUT2D eigenvalue weighted by Gasteiger charge is -2.42. The Labute approximate surface area is 130 Å². The van der Waals surface area contributed by atoms with Gasteiger partial charge >= 0.3 is 0 Å². The Morgan fingerprint density at radius 3 is 2.52 bits per heavy atom. The van der Waals surface area contributed by atoms with Gasteiger partial charge in [-0.25, -0.2) is 0 Å². The molecule has 1 atom stereocenters. The molecule has 0 aromatic carbocycles. The molecule has 1 fully saturated rings. The lowest BCUT2D eigenvalue weighted by atomic mass is 9.84. The molecule has 0 aromatic heterocycles. The van der Waals surface area contributed by atoms with E-state index in [2.05, 4.69) is 25.2 Å². The summed E-state index contributed by atoms with van der Waals surface area (Å²) < 4.78 is 12.4. The van der Waals surface area contributed by atoms with Crippen molar-refractivity contribution in [2.24, 2.45) is 0 Å². The fourth-order valence-corrected chi connectivity index (χ4v) is 3.74. The van der Waals surface area contributed by atoms with Crippen LogP contribution in [0.5, 0.6) is 0 Å². The van der Waals surface area contributed by atoms with Crippen molar-refractivity contribution in [2.45, 2.75) is 83.3 Å². The van der Waals surface area contributed by atoms with Gasteiger partial charge in [0.05, 0.1) is 18.2 Å². The van der Waals surface area contributed by atoms with Crippen LogP contribution in [-0.2, 0) is 9.47 Å². The number of hydrogen-bond acceptors (Lipinski definition) is 3. The highest BCUT2D eigenvalue weighted by molar-refractivity contribution is 5.14. The van der Waals surface area contributed by atoms with Crippen LogP contribution in [0.3, 0.4) is 0 Å². The summed E-state index contributed by atoms with van der Waals surface area (Å²) in [7, 11) is 0. The van der Waals surface area contributed by atoms with E-state index in [0.29, 0.717) is 0 Å². The minimum Gasteiger partial charge on any atom is -0.496 e. The third kappa shape index (κ3) is 4.46. The van der Waals surface area contributed by atoms with E-state index in [1.807, 2.05) is 0 Å². The van der Waals surface area contributed by atoms with Crippen LogP contribution in [0, 0.1) is 0 Å². The Morgan fingerprint density at radius 2 is 1.95 bits per heavy atom.